The van der Waals surface area contributed by atoms with E-state index in [0.717, 1.165) is 10.0 Å². The highest BCUT2D eigenvalue weighted by Gasteiger charge is 2.15. The molecule has 0 bridgehead atoms. The molecule has 0 aliphatic rings. The Balaban J connectivity index is 2.25. The van der Waals surface area contributed by atoms with Gasteiger partial charge in [0.1, 0.15) is 5.82 Å². The average Bonchev–Trinajstić information content (AvgIpc) is 2.35. The van der Waals surface area contributed by atoms with Crippen molar-refractivity contribution in [2.75, 3.05) is 0 Å². The first-order chi connectivity index (χ1) is 8.59. The second kappa shape index (κ2) is 6.18. The third kappa shape index (κ3) is 3.14. The van der Waals surface area contributed by atoms with Gasteiger partial charge in [0, 0.05) is 9.30 Å². The lowest BCUT2D eigenvalue weighted by Crippen LogP contribution is -1.99. The standard InChI is InChI=1S/C14H10Br2ClF/c15-11-6-3-5-10(14(11)17)12(16)8-9-4-1-2-7-13(9)18/h1-7,12H,8H2. The molecule has 0 aliphatic carbocycles. The summed E-state index contributed by atoms with van der Waals surface area (Å²) in [6.07, 6.45) is 0.558. The normalized spacial score (nSPS) is 12.4. The van der Waals surface area contributed by atoms with Gasteiger partial charge in [-0.15, -0.1) is 0 Å². The molecular weight excluding hydrogens is 382 g/mol. The molecule has 0 nitrogen and oxygen atoms in total. The summed E-state index contributed by atoms with van der Waals surface area (Å²) in [5, 5.41) is 0.663. The monoisotopic (exact) mass is 390 g/mol. The van der Waals surface area contributed by atoms with Gasteiger partial charge in [-0.1, -0.05) is 57.9 Å². The van der Waals surface area contributed by atoms with Crippen molar-refractivity contribution in [2.24, 2.45) is 0 Å². The van der Waals surface area contributed by atoms with E-state index in [1.54, 1.807) is 12.1 Å². The molecule has 18 heavy (non-hydrogen) atoms. The Morgan fingerprint density at radius 1 is 1.11 bits per heavy atom. The Labute approximate surface area is 127 Å². The summed E-state index contributed by atoms with van der Waals surface area (Å²) >= 11 is 13.2. The Bertz CT molecular complexity index is 557. The van der Waals surface area contributed by atoms with E-state index >= 15 is 0 Å². The molecular formula is C14H10Br2ClF. The molecule has 0 saturated heterocycles. The average molecular weight is 392 g/mol. The van der Waals surface area contributed by atoms with Crippen molar-refractivity contribution in [1.29, 1.82) is 0 Å². The van der Waals surface area contributed by atoms with Gasteiger partial charge in [0.25, 0.3) is 0 Å². The third-order valence-corrected chi connectivity index (χ3v) is 4.80. The first kappa shape index (κ1) is 14.0. The molecule has 2 aromatic rings. The molecule has 1 atom stereocenters. The maximum absolute atomic E-state index is 13.6. The van der Waals surface area contributed by atoms with Crippen LogP contribution in [0.15, 0.2) is 46.9 Å². The smallest absolute Gasteiger partial charge is 0.126 e. The van der Waals surface area contributed by atoms with Crippen molar-refractivity contribution in [2.45, 2.75) is 11.2 Å². The summed E-state index contributed by atoms with van der Waals surface area (Å²) in [5.74, 6) is -0.187. The van der Waals surface area contributed by atoms with E-state index in [4.69, 9.17) is 11.6 Å². The van der Waals surface area contributed by atoms with Crippen molar-refractivity contribution >= 4 is 43.5 Å². The van der Waals surface area contributed by atoms with Gasteiger partial charge in [-0.3, -0.25) is 0 Å². The van der Waals surface area contributed by atoms with Crippen LogP contribution in [0.25, 0.3) is 0 Å². The van der Waals surface area contributed by atoms with Gasteiger partial charge in [-0.05, 0) is 45.6 Å². The van der Waals surface area contributed by atoms with E-state index in [0.29, 0.717) is 17.0 Å². The van der Waals surface area contributed by atoms with Crippen LogP contribution in [-0.2, 0) is 6.42 Å². The number of hydrogen-bond donors (Lipinski definition) is 0. The van der Waals surface area contributed by atoms with Crippen molar-refractivity contribution in [3.63, 3.8) is 0 Å². The zero-order valence-corrected chi connectivity index (χ0v) is 13.3. The minimum atomic E-state index is -0.187. The zero-order chi connectivity index (χ0) is 13.1. The summed E-state index contributed by atoms with van der Waals surface area (Å²) in [6.45, 7) is 0. The largest absolute Gasteiger partial charge is 0.207 e. The zero-order valence-electron chi connectivity index (χ0n) is 9.34. The van der Waals surface area contributed by atoms with Crippen LogP contribution in [-0.4, -0.2) is 0 Å². The first-order valence-corrected chi connectivity index (χ1v) is 7.49. The van der Waals surface area contributed by atoms with Gasteiger partial charge in [-0.2, -0.15) is 0 Å². The lowest BCUT2D eigenvalue weighted by molar-refractivity contribution is 0.608. The van der Waals surface area contributed by atoms with Gasteiger partial charge in [0.05, 0.1) is 5.02 Å². The minimum absolute atomic E-state index is 0.0144. The predicted octanol–water partition coefficient (Wildman–Crippen LogP) is 5.92. The highest BCUT2D eigenvalue weighted by molar-refractivity contribution is 9.10. The van der Waals surface area contributed by atoms with Crippen LogP contribution in [0.2, 0.25) is 5.02 Å². The maximum atomic E-state index is 13.6. The number of rotatable bonds is 3. The van der Waals surface area contributed by atoms with Gasteiger partial charge in [-0.25, -0.2) is 4.39 Å². The van der Waals surface area contributed by atoms with E-state index in [-0.39, 0.29) is 10.6 Å². The van der Waals surface area contributed by atoms with Gasteiger partial charge in [0.15, 0.2) is 0 Å². The van der Waals surface area contributed by atoms with Crippen LogP contribution in [0.3, 0.4) is 0 Å². The fourth-order valence-electron chi connectivity index (χ4n) is 1.73. The second-order valence-corrected chi connectivity index (χ2v) is 6.24. The van der Waals surface area contributed by atoms with E-state index in [1.807, 2.05) is 24.3 Å². The number of benzene rings is 2. The van der Waals surface area contributed by atoms with Gasteiger partial charge < -0.3 is 0 Å². The van der Waals surface area contributed by atoms with Gasteiger partial charge in [0.2, 0.25) is 0 Å². The summed E-state index contributed by atoms with van der Waals surface area (Å²) in [6, 6.07) is 12.5. The molecule has 0 radical (unpaired) electrons. The van der Waals surface area contributed by atoms with Crippen LogP contribution in [0, 0.1) is 5.82 Å². The molecule has 2 aromatic carbocycles. The number of hydrogen-bond acceptors (Lipinski definition) is 0. The molecule has 4 heteroatoms. The summed E-state index contributed by atoms with van der Waals surface area (Å²) in [7, 11) is 0. The molecule has 0 N–H and O–H groups in total. The first-order valence-electron chi connectivity index (χ1n) is 5.41. The van der Waals surface area contributed by atoms with Crippen molar-refractivity contribution in [3.8, 4) is 0 Å². The van der Waals surface area contributed by atoms with Crippen LogP contribution >= 0.6 is 43.5 Å². The Hall–Kier alpha value is -0.380. The molecule has 2 rings (SSSR count). The highest BCUT2D eigenvalue weighted by Crippen LogP contribution is 2.36. The van der Waals surface area contributed by atoms with E-state index < -0.39 is 0 Å². The minimum Gasteiger partial charge on any atom is -0.207 e. The van der Waals surface area contributed by atoms with Crippen LogP contribution in [0.1, 0.15) is 16.0 Å². The molecule has 0 saturated carbocycles. The lowest BCUT2D eigenvalue weighted by Gasteiger charge is -2.13. The fraction of sp³-hybridized carbons (Fsp3) is 0.143. The molecule has 0 heterocycles. The Kier molecular flexibility index (Phi) is 4.82. The molecule has 0 aromatic heterocycles. The van der Waals surface area contributed by atoms with Crippen molar-refractivity contribution in [1.82, 2.24) is 0 Å². The highest BCUT2D eigenvalue weighted by atomic mass is 79.9. The fourth-order valence-corrected chi connectivity index (χ4v) is 3.23. The molecule has 94 valence electrons. The number of alkyl halides is 1. The third-order valence-electron chi connectivity index (χ3n) is 2.68. The number of halogens is 4. The maximum Gasteiger partial charge on any atom is 0.126 e. The molecule has 0 amide bonds. The van der Waals surface area contributed by atoms with Crippen molar-refractivity contribution < 1.29 is 4.39 Å². The predicted molar refractivity (Wildman–Crippen MR) is 80.9 cm³/mol. The summed E-state index contributed by atoms with van der Waals surface area (Å²) in [4.78, 5) is -0.0144. The van der Waals surface area contributed by atoms with E-state index in [1.165, 1.54) is 6.07 Å². The van der Waals surface area contributed by atoms with Crippen LogP contribution < -0.4 is 0 Å². The lowest BCUT2D eigenvalue weighted by atomic mass is 10.0. The molecule has 1 unspecified atom stereocenters. The molecule has 0 spiro atoms. The van der Waals surface area contributed by atoms with Crippen molar-refractivity contribution in [3.05, 3.63) is 68.9 Å². The molecule has 0 aliphatic heterocycles. The van der Waals surface area contributed by atoms with E-state index in [2.05, 4.69) is 31.9 Å². The Morgan fingerprint density at radius 2 is 1.83 bits per heavy atom. The summed E-state index contributed by atoms with van der Waals surface area (Å²) < 4.78 is 14.4. The summed E-state index contributed by atoms with van der Waals surface area (Å²) in [5.41, 5.74) is 1.63. The SMILES string of the molecule is Fc1ccccc1CC(Br)c1cccc(Br)c1Cl. The van der Waals surface area contributed by atoms with Gasteiger partial charge >= 0.3 is 0 Å². The van der Waals surface area contributed by atoms with Crippen LogP contribution in [0.5, 0.6) is 0 Å². The molecule has 0 fully saturated rings. The topological polar surface area (TPSA) is 0 Å². The Morgan fingerprint density at radius 3 is 2.56 bits per heavy atom. The quantitative estimate of drug-likeness (QED) is 0.569. The second-order valence-electron chi connectivity index (χ2n) is 3.91. The van der Waals surface area contributed by atoms with E-state index in [9.17, 15) is 4.39 Å². The van der Waals surface area contributed by atoms with Crippen LogP contribution in [0.4, 0.5) is 4.39 Å².